The van der Waals surface area contributed by atoms with Crippen molar-refractivity contribution in [2.75, 3.05) is 0 Å². The Balaban J connectivity index is 1.23. The Morgan fingerprint density at radius 3 is 1.53 bits per heavy atom. The van der Waals surface area contributed by atoms with E-state index >= 15 is 0 Å². The first-order chi connectivity index (χ1) is 35.3. The molecule has 360 valence electrons. The number of aromatic nitrogens is 2. The van der Waals surface area contributed by atoms with Gasteiger partial charge in [0.2, 0.25) is 0 Å². The first-order valence-electron chi connectivity index (χ1n) is 27.1. The van der Waals surface area contributed by atoms with Gasteiger partial charge in [0.25, 0.3) is 6.71 Å². The highest BCUT2D eigenvalue weighted by atomic mass is 28.3. The van der Waals surface area contributed by atoms with Crippen LogP contribution in [0.25, 0.3) is 88.4 Å². The van der Waals surface area contributed by atoms with E-state index in [0.717, 1.165) is 0 Å². The van der Waals surface area contributed by atoms with Gasteiger partial charge in [-0.3, -0.25) is 0 Å². The SMILES string of the molecule is CC(C)(C)c1ccc2c(c1)[Si]1(c3cc(C(C)(C)C)ccc3-2)c2ccc3c4c2-n2c5c(cc(C(C)(C)C)cc5c5cc(C(C)(C)C)cc1c52)B4c1cc2ccccc2c2c(-c4ccccc4)c(-c4ccccc4)n-3c12. The Hall–Kier alpha value is -7.14. The van der Waals surface area contributed by atoms with Crippen LogP contribution in [0.3, 0.4) is 0 Å². The van der Waals surface area contributed by atoms with Crippen molar-refractivity contribution >= 4 is 95.4 Å². The van der Waals surface area contributed by atoms with Crippen LogP contribution in [0.15, 0.2) is 164 Å². The number of rotatable bonds is 2. The highest BCUT2D eigenvalue weighted by Gasteiger charge is 2.57. The van der Waals surface area contributed by atoms with Gasteiger partial charge >= 0.3 is 0 Å². The van der Waals surface area contributed by atoms with Crippen molar-refractivity contribution in [1.82, 2.24) is 9.13 Å². The van der Waals surface area contributed by atoms with Crippen LogP contribution >= 0.6 is 0 Å². The second kappa shape index (κ2) is 14.2. The van der Waals surface area contributed by atoms with Crippen LogP contribution in [0.4, 0.5) is 0 Å². The Labute approximate surface area is 437 Å². The third-order valence-electron chi connectivity index (χ3n) is 18.1. The van der Waals surface area contributed by atoms with Gasteiger partial charge < -0.3 is 9.13 Å². The van der Waals surface area contributed by atoms with Gasteiger partial charge in [-0.1, -0.05) is 229 Å². The first kappa shape index (κ1) is 44.4. The van der Waals surface area contributed by atoms with Crippen molar-refractivity contribution in [3.63, 3.8) is 0 Å². The molecule has 0 amide bonds. The summed E-state index contributed by atoms with van der Waals surface area (Å²) in [5, 5.41) is 12.9. The zero-order valence-corrected chi connectivity index (χ0v) is 46.1. The fourth-order valence-corrected chi connectivity index (χ4v) is 20.0. The van der Waals surface area contributed by atoms with Gasteiger partial charge in [-0.2, -0.15) is 0 Å². The first-order valence-corrected chi connectivity index (χ1v) is 29.1. The van der Waals surface area contributed by atoms with Gasteiger partial charge in [-0.15, -0.1) is 0 Å². The van der Waals surface area contributed by atoms with E-state index < -0.39 is 8.07 Å². The second-order valence-electron chi connectivity index (χ2n) is 26.5. The summed E-state index contributed by atoms with van der Waals surface area (Å²) in [4.78, 5) is 0. The molecule has 4 aliphatic rings. The lowest BCUT2D eigenvalue weighted by Crippen LogP contribution is -2.77. The summed E-state index contributed by atoms with van der Waals surface area (Å²) in [7, 11) is -3.17. The fraction of sp³-hybridized carbons (Fsp3) is 0.229. The average molecular weight is 971 g/mol. The normalized spacial score (nSPS) is 14.8. The molecule has 0 aliphatic carbocycles. The molecule has 74 heavy (non-hydrogen) atoms. The Morgan fingerprint density at radius 1 is 0.392 bits per heavy atom. The molecule has 1 spiro atoms. The van der Waals surface area contributed by atoms with Crippen LogP contribution in [0, 0.1) is 0 Å². The van der Waals surface area contributed by atoms with Gasteiger partial charge in [0.15, 0.2) is 8.07 Å². The maximum absolute atomic E-state index is 3.17. The van der Waals surface area contributed by atoms with E-state index in [1.807, 2.05) is 0 Å². The molecule has 0 saturated carbocycles. The largest absolute Gasteiger partial charge is 0.310 e. The number of hydrogen-bond acceptors (Lipinski definition) is 0. The number of benzene rings is 9. The summed E-state index contributed by atoms with van der Waals surface area (Å²) >= 11 is 0. The molecular weight excluding hydrogens is 908 g/mol. The smallest absolute Gasteiger partial charge is 0.252 e. The Kier molecular flexibility index (Phi) is 8.49. The van der Waals surface area contributed by atoms with E-state index in [2.05, 4.69) is 256 Å². The molecule has 0 saturated heterocycles. The molecule has 0 radical (unpaired) electrons. The Bertz CT molecular complexity index is 4260. The van der Waals surface area contributed by atoms with Crippen molar-refractivity contribution in [2.24, 2.45) is 0 Å². The molecule has 0 fully saturated rings. The molecule has 0 bridgehead atoms. The number of nitrogens with zero attached hydrogens (tertiary/aromatic N) is 2. The minimum atomic E-state index is -3.17. The monoisotopic (exact) mass is 970 g/mol. The lowest BCUT2D eigenvalue weighted by Gasteiger charge is -2.43. The molecule has 11 aromatic rings. The van der Waals surface area contributed by atoms with Crippen molar-refractivity contribution in [2.45, 2.75) is 105 Å². The molecule has 0 unspecified atom stereocenters. The van der Waals surface area contributed by atoms with Crippen LogP contribution in [0.1, 0.15) is 105 Å². The molecule has 2 nitrogen and oxygen atoms in total. The summed E-state index contributed by atoms with van der Waals surface area (Å²) in [5.41, 5.74) is 24.4. The second-order valence-corrected chi connectivity index (χ2v) is 30.2. The lowest BCUT2D eigenvalue weighted by atomic mass is 9.34. The van der Waals surface area contributed by atoms with Gasteiger partial charge in [0.05, 0.1) is 16.7 Å². The quantitative estimate of drug-likeness (QED) is 0.153. The minimum Gasteiger partial charge on any atom is -0.310 e. The van der Waals surface area contributed by atoms with Gasteiger partial charge in [-0.05, 0) is 132 Å². The summed E-state index contributed by atoms with van der Waals surface area (Å²) in [6.45, 7) is 28.9. The molecule has 0 atom stereocenters. The Morgan fingerprint density at radius 2 is 0.919 bits per heavy atom. The van der Waals surface area contributed by atoms with Crippen molar-refractivity contribution in [1.29, 1.82) is 0 Å². The molecule has 15 rings (SSSR count). The van der Waals surface area contributed by atoms with Gasteiger partial charge in [-0.25, -0.2) is 0 Å². The van der Waals surface area contributed by atoms with Gasteiger partial charge in [0.1, 0.15) is 0 Å². The van der Waals surface area contributed by atoms with Crippen LogP contribution in [-0.2, 0) is 21.7 Å². The van der Waals surface area contributed by atoms with Crippen molar-refractivity contribution in [3.8, 4) is 44.9 Å². The molecule has 2 aromatic heterocycles. The van der Waals surface area contributed by atoms with Crippen LogP contribution < -0.4 is 37.1 Å². The third-order valence-corrected chi connectivity index (χ3v) is 22.9. The number of fused-ring (bicyclic) bond motifs is 13. The molecule has 9 aromatic carbocycles. The highest BCUT2D eigenvalue weighted by molar-refractivity contribution is 7.24. The van der Waals surface area contributed by atoms with Crippen LogP contribution in [-0.4, -0.2) is 23.9 Å². The summed E-state index contributed by atoms with van der Waals surface area (Å²) in [5.74, 6) is 0. The fourth-order valence-electron chi connectivity index (χ4n) is 14.4. The number of hydrogen-bond donors (Lipinski definition) is 0. The predicted molar refractivity (Wildman–Crippen MR) is 322 cm³/mol. The zero-order chi connectivity index (χ0) is 50.9. The summed E-state index contributed by atoms with van der Waals surface area (Å²) in [6.07, 6.45) is 0. The third kappa shape index (κ3) is 5.52. The van der Waals surface area contributed by atoms with E-state index in [0.29, 0.717) is 0 Å². The molecule has 0 N–H and O–H groups in total. The standard InChI is InChI=1S/C70H63BN2Si/c1-67(2,3)43-27-29-48-49-30-28-44(68(4,5)6)38-57(49)74(56(48)37-43)55-32-31-54-61-66(55)73-63-50(51-35-46(70(10,11)12)39-58(74)64(51)73)34-45(69(7,8)9)36-53(63)71(61)52-33-42-25-19-20-26-47(42)60-59(40-21-15-13-16-22-40)62(72(54)65(52)60)41-23-17-14-18-24-41/h13-39H,1-12H3. The molecule has 4 heteroatoms. The minimum absolute atomic E-state index is 0.0137. The predicted octanol–water partition coefficient (Wildman–Crippen LogP) is 13.2. The van der Waals surface area contributed by atoms with E-state index in [1.165, 1.54) is 132 Å². The van der Waals surface area contributed by atoms with Crippen molar-refractivity contribution in [3.05, 3.63) is 186 Å². The topological polar surface area (TPSA) is 9.86 Å². The van der Waals surface area contributed by atoms with Gasteiger partial charge in [0, 0.05) is 38.6 Å². The van der Waals surface area contributed by atoms with E-state index in [9.17, 15) is 0 Å². The highest BCUT2D eigenvalue weighted by Crippen LogP contribution is 2.49. The van der Waals surface area contributed by atoms with E-state index in [1.54, 1.807) is 15.6 Å². The van der Waals surface area contributed by atoms with Crippen LogP contribution in [0.5, 0.6) is 0 Å². The van der Waals surface area contributed by atoms with E-state index in [-0.39, 0.29) is 28.4 Å². The maximum Gasteiger partial charge on any atom is 0.252 e. The zero-order valence-electron chi connectivity index (χ0n) is 45.1. The lowest BCUT2D eigenvalue weighted by molar-refractivity contribution is 0.590. The summed E-state index contributed by atoms with van der Waals surface area (Å²) in [6, 6.07) is 65.5. The van der Waals surface area contributed by atoms with Crippen LogP contribution in [0.2, 0.25) is 0 Å². The molecular formula is C70H63BN2Si. The molecule has 6 heterocycles. The van der Waals surface area contributed by atoms with Crippen molar-refractivity contribution < 1.29 is 0 Å². The maximum atomic E-state index is 2.84. The molecule has 4 aliphatic heterocycles. The average Bonchev–Trinajstić information content (AvgIpc) is 4.11. The summed E-state index contributed by atoms with van der Waals surface area (Å²) < 4.78 is 5.57. The van der Waals surface area contributed by atoms with E-state index in [4.69, 9.17) is 0 Å².